The monoisotopic (exact) mass is 355 g/mol. The normalized spacial score (nSPS) is 11.2. The summed E-state index contributed by atoms with van der Waals surface area (Å²) in [5.74, 6) is -0.857. The van der Waals surface area contributed by atoms with Crippen LogP contribution in [0, 0.1) is 0 Å². The fraction of sp³-hybridized carbons (Fsp3) is 0.312. The van der Waals surface area contributed by atoms with Crippen molar-refractivity contribution in [2.24, 2.45) is 0 Å². The van der Waals surface area contributed by atoms with Crippen molar-refractivity contribution in [2.75, 3.05) is 14.2 Å². The van der Waals surface area contributed by atoms with E-state index in [4.69, 9.17) is 0 Å². The lowest BCUT2D eigenvalue weighted by molar-refractivity contribution is -0.142. The van der Waals surface area contributed by atoms with E-state index in [1.54, 1.807) is 24.3 Å². The zero-order valence-electron chi connectivity index (χ0n) is 13.6. The van der Waals surface area contributed by atoms with Gasteiger partial charge in [0.1, 0.15) is 6.54 Å². The van der Waals surface area contributed by atoms with Crippen LogP contribution in [0.15, 0.2) is 36.5 Å². The van der Waals surface area contributed by atoms with Gasteiger partial charge in [-0.3, -0.25) is 9.48 Å². The topological polar surface area (TPSA) is 64.4 Å². The number of likely N-dealkylation sites (N-methyl/N-ethyl adjacent to an activating group) is 1. The van der Waals surface area contributed by atoms with Gasteiger partial charge in [0.15, 0.2) is 5.69 Å². The molecular formula is C16H16F3N3O3. The third-order valence-electron chi connectivity index (χ3n) is 3.45. The highest BCUT2D eigenvalue weighted by Gasteiger charge is 2.33. The van der Waals surface area contributed by atoms with Crippen molar-refractivity contribution in [3.63, 3.8) is 0 Å². The number of methoxy groups -OCH3 is 1. The second kappa shape index (κ2) is 7.37. The van der Waals surface area contributed by atoms with Gasteiger partial charge in [0, 0.05) is 19.8 Å². The number of hydrogen-bond donors (Lipinski definition) is 0. The molecule has 0 radical (unpaired) electrons. The number of alkyl halides is 3. The van der Waals surface area contributed by atoms with E-state index >= 15 is 0 Å². The van der Waals surface area contributed by atoms with Crippen molar-refractivity contribution >= 4 is 11.9 Å². The van der Waals surface area contributed by atoms with Gasteiger partial charge in [0.05, 0.1) is 12.7 Å². The number of esters is 1. The maximum Gasteiger partial charge on any atom is 0.435 e. The van der Waals surface area contributed by atoms with E-state index < -0.39 is 23.7 Å². The molecule has 0 saturated heterocycles. The van der Waals surface area contributed by atoms with Crippen molar-refractivity contribution in [1.82, 2.24) is 14.7 Å². The highest BCUT2D eigenvalue weighted by atomic mass is 19.4. The molecular weight excluding hydrogens is 339 g/mol. The molecule has 0 aliphatic heterocycles. The van der Waals surface area contributed by atoms with Gasteiger partial charge in [0.25, 0.3) is 0 Å². The summed E-state index contributed by atoms with van der Waals surface area (Å²) in [6.07, 6.45) is -3.43. The molecule has 0 bridgehead atoms. The first kappa shape index (κ1) is 18.5. The van der Waals surface area contributed by atoms with E-state index in [2.05, 4.69) is 9.84 Å². The predicted molar refractivity (Wildman–Crippen MR) is 81.5 cm³/mol. The number of halogens is 3. The number of carbonyl (C=O) groups excluding carboxylic acids is 2. The Labute approximate surface area is 141 Å². The summed E-state index contributed by atoms with van der Waals surface area (Å²) < 4.78 is 43.0. The Morgan fingerprint density at radius 3 is 2.36 bits per heavy atom. The fourth-order valence-corrected chi connectivity index (χ4v) is 2.09. The fourth-order valence-electron chi connectivity index (χ4n) is 2.09. The lowest BCUT2D eigenvalue weighted by Crippen LogP contribution is -2.30. The van der Waals surface area contributed by atoms with Crippen molar-refractivity contribution in [3.05, 3.63) is 53.3 Å². The first-order chi connectivity index (χ1) is 11.7. The van der Waals surface area contributed by atoms with Gasteiger partial charge in [-0.25, -0.2) is 4.79 Å². The average molecular weight is 355 g/mol. The molecule has 0 aliphatic carbocycles. The molecule has 0 saturated carbocycles. The van der Waals surface area contributed by atoms with E-state index in [0.29, 0.717) is 5.56 Å². The number of benzene rings is 1. The molecule has 0 N–H and O–H groups in total. The summed E-state index contributed by atoms with van der Waals surface area (Å²) in [6, 6.07) is 7.31. The molecule has 0 unspecified atom stereocenters. The molecule has 0 fully saturated rings. The van der Waals surface area contributed by atoms with Crippen molar-refractivity contribution < 1.29 is 27.5 Å². The van der Waals surface area contributed by atoms with Crippen LogP contribution in [-0.2, 0) is 28.8 Å². The third-order valence-corrected chi connectivity index (χ3v) is 3.45. The Kier molecular flexibility index (Phi) is 5.45. The number of hydrogen-bond acceptors (Lipinski definition) is 4. The second-order valence-corrected chi connectivity index (χ2v) is 5.33. The molecule has 9 heteroatoms. The first-order valence-corrected chi connectivity index (χ1v) is 7.22. The van der Waals surface area contributed by atoms with Gasteiger partial charge in [-0.1, -0.05) is 12.1 Å². The Morgan fingerprint density at radius 1 is 1.20 bits per heavy atom. The van der Waals surface area contributed by atoms with E-state index in [9.17, 15) is 22.8 Å². The minimum atomic E-state index is -4.54. The summed E-state index contributed by atoms with van der Waals surface area (Å²) in [7, 11) is 2.81. The van der Waals surface area contributed by atoms with Crippen LogP contribution in [0.4, 0.5) is 13.2 Å². The summed E-state index contributed by atoms with van der Waals surface area (Å²) >= 11 is 0. The van der Waals surface area contributed by atoms with Crippen LogP contribution in [0.25, 0.3) is 0 Å². The van der Waals surface area contributed by atoms with E-state index in [-0.39, 0.29) is 13.1 Å². The minimum absolute atomic E-state index is 0.244. The molecule has 6 nitrogen and oxygen atoms in total. The average Bonchev–Trinajstić information content (AvgIpc) is 3.03. The Morgan fingerprint density at radius 2 is 1.84 bits per heavy atom. The lowest BCUT2D eigenvalue weighted by atomic mass is 10.1. The predicted octanol–water partition coefficient (Wildman–Crippen LogP) is 2.35. The largest absolute Gasteiger partial charge is 0.465 e. The highest BCUT2D eigenvalue weighted by molar-refractivity contribution is 5.89. The quantitative estimate of drug-likeness (QED) is 0.773. The highest BCUT2D eigenvalue weighted by Crippen LogP contribution is 2.27. The number of rotatable bonds is 5. The number of nitrogens with zero attached hydrogens (tertiary/aromatic N) is 3. The first-order valence-electron chi connectivity index (χ1n) is 7.22. The molecule has 0 aliphatic rings. The summed E-state index contributed by atoms with van der Waals surface area (Å²) in [6.45, 7) is -0.0551. The smallest absolute Gasteiger partial charge is 0.435 e. The lowest BCUT2D eigenvalue weighted by Gasteiger charge is -2.17. The van der Waals surface area contributed by atoms with Crippen LogP contribution in [0.1, 0.15) is 21.6 Å². The molecule has 1 aromatic carbocycles. The molecule has 1 heterocycles. The number of carbonyl (C=O) groups is 2. The molecule has 2 aromatic rings. The van der Waals surface area contributed by atoms with E-state index in [1.165, 1.54) is 19.1 Å². The molecule has 2 rings (SSSR count). The summed E-state index contributed by atoms with van der Waals surface area (Å²) in [5, 5.41) is 3.34. The summed E-state index contributed by atoms with van der Waals surface area (Å²) in [4.78, 5) is 24.8. The van der Waals surface area contributed by atoms with Crippen LogP contribution >= 0.6 is 0 Å². The van der Waals surface area contributed by atoms with Crippen LogP contribution in [0.5, 0.6) is 0 Å². The number of amides is 1. The van der Waals surface area contributed by atoms with Gasteiger partial charge < -0.3 is 9.64 Å². The van der Waals surface area contributed by atoms with Crippen LogP contribution < -0.4 is 0 Å². The van der Waals surface area contributed by atoms with Gasteiger partial charge in [0.2, 0.25) is 5.91 Å². The molecule has 134 valence electrons. The second-order valence-electron chi connectivity index (χ2n) is 5.33. The van der Waals surface area contributed by atoms with E-state index in [0.717, 1.165) is 22.5 Å². The van der Waals surface area contributed by atoms with Gasteiger partial charge in [-0.15, -0.1) is 0 Å². The van der Waals surface area contributed by atoms with Gasteiger partial charge in [-0.05, 0) is 23.8 Å². The van der Waals surface area contributed by atoms with E-state index in [1.807, 2.05) is 0 Å². The summed E-state index contributed by atoms with van der Waals surface area (Å²) in [5.41, 5.74) is 0.109. The molecule has 1 aromatic heterocycles. The Balaban J connectivity index is 1.96. The molecule has 1 amide bonds. The van der Waals surface area contributed by atoms with Crippen LogP contribution in [0.2, 0.25) is 0 Å². The SMILES string of the molecule is COC(=O)c1ccc(CN(C)C(=O)Cn2ccc(C(F)(F)F)n2)cc1. The molecule has 0 spiro atoms. The maximum absolute atomic E-state index is 12.5. The number of ether oxygens (including phenoxy) is 1. The molecule has 25 heavy (non-hydrogen) atoms. The zero-order chi connectivity index (χ0) is 18.6. The molecule has 0 atom stereocenters. The standard InChI is InChI=1S/C16H16F3N3O3/c1-21(9-11-3-5-12(6-4-11)15(24)25-2)14(23)10-22-8-7-13(20-22)16(17,18)19/h3-8H,9-10H2,1-2H3. The zero-order valence-corrected chi connectivity index (χ0v) is 13.6. The number of aromatic nitrogens is 2. The minimum Gasteiger partial charge on any atom is -0.465 e. The van der Waals surface area contributed by atoms with Crippen LogP contribution in [0.3, 0.4) is 0 Å². The Hall–Kier alpha value is -2.84. The van der Waals surface area contributed by atoms with Crippen molar-refractivity contribution in [3.8, 4) is 0 Å². The van der Waals surface area contributed by atoms with Crippen molar-refractivity contribution in [2.45, 2.75) is 19.3 Å². The van der Waals surface area contributed by atoms with Gasteiger partial charge in [-0.2, -0.15) is 18.3 Å². The maximum atomic E-state index is 12.5. The third kappa shape index (κ3) is 4.82. The van der Waals surface area contributed by atoms with Crippen molar-refractivity contribution in [1.29, 1.82) is 0 Å². The van der Waals surface area contributed by atoms with Crippen LogP contribution in [-0.4, -0.2) is 40.7 Å². The van der Waals surface area contributed by atoms with Gasteiger partial charge >= 0.3 is 12.1 Å². The Bertz CT molecular complexity index is 754.